The fourth-order valence-corrected chi connectivity index (χ4v) is 3.57. The van der Waals surface area contributed by atoms with E-state index >= 15 is 0 Å². The van der Waals surface area contributed by atoms with Crippen LogP contribution in [0.2, 0.25) is 0 Å². The number of hydrogen-bond donors (Lipinski definition) is 3. The number of carbonyl (C=O) groups excluding carboxylic acids is 2. The maximum atomic E-state index is 12.7. The minimum absolute atomic E-state index is 0.115. The Morgan fingerprint density at radius 2 is 1.89 bits per heavy atom. The van der Waals surface area contributed by atoms with Crippen molar-refractivity contribution >= 4 is 22.8 Å². The van der Waals surface area contributed by atoms with E-state index < -0.39 is 0 Å². The van der Waals surface area contributed by atoms with Crippen LogP contribution in [-0.2, 0) is 4.79 Å². The molecule has 0 radical (unpaired) electrons. The number of H-pyrrole nitrogens is 1. The summed E-state index contributed by atoms with van der Waals surface area (Å²) in [6.45, 7) is 4.09. The second kappa shape index (κ2) is 6.87. The van der Waals surface area contributed by atoms with Gasteiger partial charge in [0.05, 0.1) is 29.5 Å². The van der Waals surface area contributed by atoms with Gasteiger partial charge in [-0.2, -0.15) is 0 Å². The van der Waals surface area contributed by atoms with Gasteiger partial charge in [0, 0.05) is 5.56 Å². The number of aromatic amines is 1. The van der Waals surface area contributed by atoms with Gasteiger partial charge in [-0.15, -0.1) is 0 Å². The maximum absolute atomic E-state index is 12.7. The molecule has 0 saturated carbocycles. The van der Waals surface area contributed by atoms with Crippen LogP contribution >= 0.6 is 0 Å². The lowest BCUT2D eigenvalue weighted by molar-refractivity contribution is -0.122. The van der Waals surface area contributed by atoms with Crippen LogP contribution in [0.15, 0.2) is 48.5 Å². The highest BCUT2D eigenvalue weighted by atomic mass is 16.2. The fraction of sp³-hybridized carbons (Fsp3) is 0.286. The van der Waals surface area contributed by atoms with Crippen molar-refractivity contribution in [1.29, 1.82) is 0 Å². The summed E-state index contributed by atoms with van der Waals surface area (Å²) in [6.07, 6.45) is 0.201. The van der Waals surface area contributed by atoms with Crippen LogP contribution in [0, 0.1) is 5.92 Å². The largest absolute Gasteiger partial charge is 0.346 e. The molecule has 3 N–H and O–H groups in total. The fourth-order valence-electron chi connectivity index (χ4n) is 3.57. The lowest BCUT2D eigenvalue weighted by Gasteiger charge is -2.21. The Hall–Kier alpha value is -3.15. The van der Waals surface area contributed by atoms with Crippen LogP contribution in [0.3, 0.4) is 0 Å². The van der Waals surface area contributed by atoms with Gasteiger partial charge in [0.2, 0.25) is 5.91 Å². The quantitative estimate of drug-likeness (QED) is 0.651. The highest BCUT2D eigenvalue weighted by Gasteiger charge is 2.31. The molecule has 6 nitrogen and oxygen atoms in total. The third-order valence-electron chi connectivity index (χ3n) is 4.96. The van der Waals surface area contributed by atoms with E-state index in [1.54, 1.807) is 6.07 Å². The van der Waals surface area contributed by atoms with E-state index in [-0.39, 0.29) is 36.2 Å². The molecule has 2 heterocycles. The zero-order chi connectivity index (χ0) is 19.0. The van der Waals surface area contributed by atoms with Gasteiger partial charge in [0.15, 0.2) is 0 Å². The summed E-state index contributed by atoms with van der Waals surface area (Å²) in [5.74, 6) is 0.674. The van der Waals surface area contributed by atoms with Crippen LogP contribution in [0.5, 0.6) is 0 Å². The molecular formula is C21H22N4O2. The number of rotatable bonds is 5. The van der Waals surface area contributed by atoms with Gasteiger partial charge >= 0.3 is 0 Å². The normalized spacial score (nSPS) is 17.0. The first-order valence-corrected chi connectivity index (χ1v) is 9.16. The first kappa shape index (κ1) is 17.3. The molecular weight excluding hydrogens is 340 g/mol. The first-order valence-electron chi connectivity index (χ1n) is 9.16. The Balaban J connectivity index is 1.51. The van der Waals surface area contributed by atoms with Crippen molar-refractivity contribution in [2.75, 3.05) is 0 Å². The van der Waals surface area contributed by atoms with E-state index in [9.17, 15) is 9.59 Å². The summed E-state index contributed by atoms with van der Waals surface area (Å²) in [7, 11) is 0. The van der Waals surface area contributed by atoms with Crippen molar-refractivity contribution in [1.82, 2.24) is 20.6 Å². The molecule has 1 unspecified atom stereocenters. The molecule has 2 amide bonds. The third kappa shape index (κ3) is 3.30. The van der Waals surface area contributed by atoms with Crippen LogP contribution in [0.25, 0.3) is 11.0 Å². The van der Waals surface area contributed by atoms with E-state index in [2.05, 4.69) is 20.6 Å². The molecule has 4 rings (SSSR count). The molecule has 27 heavy (non-hydrogen) atoms. The molecule has 2 atom stereocenters. The van der Waals surface area contributed by atoms with Gasteiger partial charge in [-0.1, -0.05) is 44.2 Å². The van der Waals surface area contributed by atoms with Gasteiger partial charge in [-0.05, 0) is 29.7 Å². The third-order valence-corrected chi connectivity index (χ3v) is 4.96. The summed E-state index contributed by atoms with van der Waals surface area (Å²) in [6, 6.07) is 14.7. The van der Waals surface area contributed by atoms with Crippen LogP contribution in [0.4, 0.5) is 0 Å². The highest BCUT2D eigenvalue weighted by Crippen LogP contribution is 2.28. The van der Waals surface area contributed by atoms with Crippen LogP contribution < -0.4 is 10.6 Å². The number of nitrogens with zero attached hydrogens (tertiary/aromatic N) is 1. The standard InChI is InChI=1S/C21H22N4O2/c1-12(2)19(20-22-15-9-5-6-10-16(15)23-20)25-18(26)11-17-13-7-3-4-8-14(13)21(27)24-17/h3-10,12,17,19H,11H2,1-2H3,(H,22,23)(H,24,27)(H,25,26)/t17?,19-/m0/s1. The van der Waals surface area contributed by atoms with E-state index in [1.807, 2.05) is 56.3 Å². The molecule has 0 fully saturated rings. The summed E-state index contributed by atoms with van der Waals surface area (Å²) in [5.41, 5.74) is 3.35. The molecule has 0 saturated heterocycles. The zero-order valence-electron chi connectivity index (χ0n) is 15.3. The SMILES string of the molecule is CC(C)[C@H](NC(=O)CC1NC(=O)c2ccccc21)c1nc2ccccc2[nH]1. The van der Waals surface area contributed by atoms with Gasteiger partial charge in [-0.25, -0.2) is 4.98 Å². The topological polar surface area (TPSA) is 86.9 Å². The van der Waals surface area contributed by atoms with Crippen molar-refractivity contribution in [2.45, 2.75) is 32.4 Å². The van der Waals surface area contributed by atoms with E-state index in [0.29, 0.717) is 5.56 Å². The van der Waals surface area contributed by atoms with E-state index in [1.165, 1.54) is 0 Å². The number of aromatic nitrogens is 2. The second-order valence-electron chi connectivity index (χ2n) is 7.25. The molecule has 0 spiro atoms. The highest BCUT2D eigenvalue weighted by molar-refractivity contribution is 5.99. The Bertz CT molecular complexity index is 975. The number of amides is 2. The van der Waals surface area contributed by atoms with Gasteiger partial charge in [0.1, 0.15) is 5.82 Å². The smallest absolute Gasteiger partial charge is 0.252 e. The number of nitrogens with one attached hydrogen (secondary N) is 3. The maximum Gasteiger partial charge on any atom is 0.252 e. The number of benzene rings is 2. The summed E-state index contributed by atoms with van der Waals surface area (Å²) >= 11 is 0. The van der Waals surface area contributed by atoms with Crippen molar-refractivity contribution in [2.24, 2.45) is 5.92 Å². The summed E-state index contributed by atoms with van der Waals surface area (Å²) in [4.78, 5) is 32.7. The number of carbonyl (C=O) groups is 2. The van der Waals surface area contributed by atoms with Gasteiger partial charge in [0.25, 0.3) is 5.91 Å². The predicted octanol–water partition coefficient (Wildman–Crippen LogP) is 3.25. The zero-order valence-corrected chi connectivity index (χ0v) is 15.3. The predicted molar refractivity (Wildman–Crippen MR) is 103 cm³/mol. The lowest BCUT2D eigenvalue weighted by Crippen LogP contribution is -2.34. The molecule has 2 aromatic carbocycles. The molecule has 1 aliphatic heterocycles. The minimum atomic E-state index is -0.294. The average molecular weight is 362 g/mol. The summed E-state index contributed by atoms with van der Waals surface area (Å²) in [5, 5.41) is 5.97. The van der Waals surface area contributed by atoms with Crippen LogP contribution in [-0.4, -0.2) is 21.8 Å². The second-order valence-corrected chi connectivity index (χ2v) is 7.25. The molecule has 3 aromatic rings. The van der Waals surface area contributed by atoms with Gasteiger partial charge in [-0.3, -0.25) is 9.59 Å². The van der Waals surface area contributed by atoms with Gasteiger partial charge < -0.3 is 15.6 Å². The van der Waals surface area contributed by atoms with Crippen molar-refractivity contribution in [3.63, 3.8) is 0 Å². The number of hydrogen-bond acceptors (Lipinski definition) is 3. The van der Waals surface area contributed by atoms with Crippen LogP contribution in [0.1, 0.15) is 54.1 Å². The van der Waals surface area contributed by atoms with Crippen molar-refractivity contribution in [3.8, 4) is 0 Å². The molecule has 0 aliphatic carbocycles. The van der Waals surface area contributed by atoms with E-state index in [0.717, 1.165) is 22.4 Å². The Kier molecular flexibility index (Phi) is 4.39. The Morgan fingerprint density at radius 3 is 2.67 bits per heavy atom. The Labute approximate surface area is 157 Å². The van der Waals surface area contributed by atoms with Crippen molar-refractivity contribution < 1.29 is 9.59 Å². The van der Waals surface area contributed by atoms with Crippen molar-refractivity contribution in [3.05, 3.63) is 65.5 Å². The lowest BCUT2D eigenvalue weighted by atomic mass is 10.0. The Morgan fingerprint density at radius 1 is 1.15 bits per heavy atom. The number of imidazole rings is 1. The minimum Gasteiger partial charge on any atom is -0.346 e. The molecule has 1 aliphatic rings. The average Bonchev–Trinajstić information content (AvgIpc) is 3.21. The first-order chi connectivity index (χ1) is 13.0. The monoisotopic (exact) mass is 362 g/mol. The number of fused-ring (bicyclic) bond motifs is 2. The van der Waals surface area contributed by atoms with E-state index in [4.69, 9.17) is 0 Å². The molecule has 0 bridgehead atoms. The molecule has 6 heteroatoms. The molecule has 138 valence electrons. The molecule has 1 aromatic heterocycles. The number of para-hydroxylation sites is 2. The summed E-state index contributed by atoms with van der Waals surface area (Å²) < 4.78 is 0.